The molecule has 2 amide bonds. The molecule has 3 N–H and O–H groups in total. The largest absolute Gasteiger partial charge is 0.424 e. The Bertz CT molecular complexity index is 1370. The molecule has 1 aromatic carbocycles. The molecule has 12 nitrogen and oxygen atoms in total. The van der Waals surface area contributed by atoms with Crippen molar-refractivity contribution in [1.82, 2.24) is 15.0 Å². The highest BCUT2D eigenvalue weighted by atomic mass is 16.7. The second-order valence-corrected chi connectivity index (χ2v) is 8.02. The number of aromatic nitrogens is 2. The van der Waals surface area contributed by atoms with E-state index in [0.717, 1.165) is 4.90 Å². The topological polar surface area (TPSA) is 156 Å². The summed E-state index contributed by atoms with van der Waals surface area (Å²) in [5.41, 5.74) is 5.00. The van der Waals surface area contributed by atoms with Crippen LogP contribution in [0, 0.1) is 19.3 Å². The van der Waals surface area contributed by atoms with Crippen molar-refractivity contribution in [3.8, 4) is 0 Å². The number of aldehydes is 1. The fourth-order valence-electron chi connectivity index (χ4n) is 3.64. The molecular weight excluding hydrogens is 492 g/mol. The first kappa shape index (κ1) is 27.6. The van der Waals surface area contributed by atoms with E-state index in [0.29, 0.717) is 29.5 Å². The molecule has 0 atom stereocenters. The molecule has 12 heteroatoms. The lowest BCUT2D eigenvalue weighted by molar-refractivity contribution is 0.0000578. The first-order valence-corrected chi connectivity index (χ1v) is 11.6. The molecule has 0 radical (unpaired) electrons. The van der Waals surface area contributed by atoms with Gasteiger partial charge in [0.05, 0.1) is 11.3 Å². The second-order valence-electron chi connectivity index (χ2n) is 8.02. The summed E-state index contributed by atoms with van der Waals surface area (Å²) in [4.78, 5) is 54.4. The summed E-state index contributed by atoms with van der Waals surface area (Å²) < 4.78 is 11.7. The summed E-state index contributed by atoms with van der Waals surface area (Å²) >= 11 is 0. The van der Waals surface area contributed by atoms with Crippen LogP contribution in [0.5, 0.6) is 0 Å². The maximum Gasteiger partial charge on any atom is 0.423 e. The van der Waals surface area contributed by atoms with Gasteiger partial charge in [0, 0.05) is 43.3 Å². The van der Waals surface area contributed by atoms with Gasteiger partial charge >= 0.3 is 12.1 Å². The Morgan fingerprint density at radius 3 is 2.55 bits per heavy atom. The fourth-order valence-corrected chi connectivity index (χ4v) is 3.64. The maximum atomic E-state index is 13.4. The number of nitrogens with one attached hydrogen (secondary N) is 3. The molecule has 0 unspecified atom stereocenters. The number of anilines is 1. The Balaban J connectivity index is 1.99. The summed E-state index contributed by atoms with van der Waals surface area (Å²) in [5, 5.41) is 11.7. The van der Waals surface area contributed by atoms with E-state index in [1.807, 2.05) is 0 Å². The van der Waals surface area contributed by atoms with E-state index in [4.69, 9.17) is 14.9 Å². The highest BCUT2D eigenvalue weighted by molar-refractivity contribution is 6.21. The van der Waals surface area contributed by atoms with E-state index in [1.54, 1.807) is 46.0 Å². The number of hydrogen-bond donors (Lipinski definition) is 3. The Labute approximate surface area is 219 Å². The molecular formula is C26H28N6O6. The number of ether oxygens (including phenoxy) is 2. The van der Waals surface area contributed by atoms with E-state index in [-0.39, 0.29) is 34.3 Å². The van der Waals surface area contributed by atoms with Crippen molar-refractivity contribution < 1.29 is 28.7 Å². The highest BCUT2D eigenvalue weighted by Gasteiger charge is 2.30. The third-order valence-corrected chi connectivity index (χ3v) is 5.61. The Hall–Kier alpha value is -5.00. The molecule has 3 rings (SSSR count). The van der Waals surface area contributed by atoms with Gasteiger partial charge in [-0.05, 0) is 56.2 Å². The van der Waals surface area contributed by atoms with Gasteiger partial charge in [-0.1, -0.05) is 6.07 Å². The van der Waals surface area contributed by atoms with Gasteiger partial charge in [0.15, 0.2) is 12.1 Å². The van der Waals surface area contributed by atoms with Crippen molar-refractivity contribution in [2.45, 2.75) is 20.8 Å². The SMILES string of the molecule is CCNC(=O)c1ccc(C)c(N(C(=N)c2c(C)c(C=O)cn2NC)C(=O)OCOC(=O)c2cccnc2)c1. The smallest absolute Gasteiger partial charge is 0.423 e. The first-order valence-electron chi connectivity index (χ1n) is 11.6. The number of hydrogen-bond acceptors (Lipinski definition) is 9. The number of amides is 2. The molecule has 0 aliphatic rings. The van der Waals surface area contributed by atoms with Crippen LogP contribution in [0.15, 0.2) is 48.9 Å². The Morgan fingerprint density at radius 1 is 1.16 bits per heavy atom. The monoisotopic (exact) mass is 520 g/mol. The zero-order valence-electron chi connectivity index (χ0n) is 21.4. The first-order chi connectivity index (χ1) is 18.2. The normalized spacial score (nSPS) is 10.3. The van der Waals surface area contributed by atoms with Crippen LogP contribution in [0.3, 0.4) is 0 Å². The molecule has 0 spiro atoms. The van der Waals surface area contributed by atoms with Crippen LogP contribution in [0.25, 0.3) is 0 Å². The number of rotatable bonds is 9. The molecule has 0 fully saturated rings. The fraction of sp³-hybridized carbons (Fsp3) is 0.231. The molecule has 0 aliphatic carbocycles. The third kappa shape index (κ3) is 5.86. The van der Waals surface area contributed by atoms with Crippen LogP contribution in [0.2, 0.25) is 0 Å². The van der Waals surface area contributed by atoms with E-state index in [9.17, 15) is 19.2 Å². The molecule has 3 aromatic rings. The molecule has 2 heterocycles. The van der Waals surface area contributed by atoms with Crippen LogP contribution < -0.4 is 15.6 Å². The predicted molar refractivity (Wildman–Crippen MR) is 139 cm³/mol. The van der Waals surface area contributed by atoms with Gasteiger partial charge in [0.1, 0.15) is 5.69 Å². The maximum absolute atomic E-state index is 13.4. The number of pyridine rings is 1. The zero-order valence-corrected chi connectivity index (χ0v) is 21.4. The van der Waals surface area contributed by atoms with E-state index in [2.05, 4.69) is 15.7 Å². The van der Waals surface area contributed by atoms with Crippen molar-refractivity contribution in [1.29, 1.82) is 5.41 Å². The lowest BCUT2D eigenvalue weighted by atomic mass is 10.1. The third-order valence-electron chi connectivity index (χ3n) is 5.61. The minimum absolute atomic E-state index is 0.169. The van der Waals surface area contributed by atoms with Gasteiger partial charge < -0.3 is 20.2 Å². The molecule has 0 saturated carbocycles. The van der Waals surface area contributed by atoms with Gasteiger partial charge in [-0.25, -0.2) is 14.5 Å². The average Bonchev–Trinajstić information content (AvgIpc) is 3.25. The van der Waals surface area contributed by atoms with Gasteiger partial charge in [-0.2, -0.15) is 0 Å². The van der Waals surface area contributed by atoms with Crippen LogP contribution in [0.1, 0.15) is 54.8 Å². The molecule has 0 saturated heterocycles. The minimum Gasteiger partial charge on any atom is -0.424 e. The lowest BCUT2D eigenvalue weighted by Crippen LogP contribution is -2.40. The second kappa shape index (κ2) is 12.3. The quantitative estimate of drug-likeness (QED) is 0.128. The van der Waals surface area contributed by atoms with E-state index < -0.39 is 18.9 Å². The summed E-state index contributed by atoms with van der Waals surface area (Å²) in [5.74, 6) is -1.46. The number of amidine groups is 1. The molecule has 38 heavy (non-hydrogen) atoms. The molecule has 0 aliphatic heterocycles. The number of aryl methyl sites for hydroxylation is 1. The summed E-state index contributed by atoms with van der Waals surface area (Å²) in [6, 6.07) is 7.74. The minimum atomic E-state index is -1.04. The number of benzene rings is 1. The molecule has 2 aromatic heterocycles. The summed E-state index contributed by atoms with van der Waals surface area (Å²) in [6.07, 6.45) is 3.89. The highest BCUT2D eigenvalue weighted by Crippen LogP contribution is 2.27. The number of carbonyl (C=O) groups excluding carboxylic acids is 4. The van der Waals surface area contributed by atoms with Gasteiger partial charge in [0.2, 0.25) is 6.79 Å². The lowest BCUT2D eigenvalue weighted by Gasteiger charge is -2.26. The van der Waals surface area contributed by atoms with Crippen molar-refractivity contribution in [2.75, 3.05) is 30.7 Å². The van der Waals surface area contributed by atoms with Gasteiger partial charge in [0.25, 0.3) is 5.91 Å². The van der Waals surface area contributed by atoms with Crippen molar-refractivity contribution in [3.63, 3.8) is 0 Å². The van der Waals surface area contributed by atoms with Crippen LogP contribution in [-0.4, -0.2) is 60.1 Å². The van der Waals surface area contributed by atoms with Crippen LogP contribution in [-0.2, 0) is 9.47 Å². The molecule has 0 bridgehead atoms. The Kier molecular flexibility index (Phi) is 8.93. The standard InChI is InChI=1S/C26H28N6O6/c1-5-30-24(34)18-9-8-16(2)21(11-18)32(23(27)22-17(3)20(14-33)13-31(22)28-4)26(36)38-15-37-25(35)19-7-6-10-29-12-19/h6-14,27-28H,5,15H2,1-4H3,(H,30,34). The summed E-state index contributed by atoms with van der Waals surface area (Å²) in [6.45, 7) is 4.77. The van der Waals surface area contributed by atoms with Crippen LogP contribution in [0.4, 0.5) is 10.5 Å². The number of carbonyl (C=O) groups is 4. The van der Waals surface area contributed by atoms with E-state index >= 15 is 0 Å². The van der Waals surface area contributed by atoms with Crippen LogP contribution >= 0.6 is 0 Å². The number of esters is 1. The predicted octanol–water partition coefficient (Wildman–Crippen LogP) is 3.02. The Morgan fingerprint density at radius 2 is 1.92 bits per heavy atom. The number of nitrogens with zero attached hydrogens (tertiary/aromatic N) is 3. The van der Waals surface area contributed by atoms with Crippen molar-refractivity contribution in [2.24, 2.45) is 0 Å². The average molecular weight is 521 g/mol. The van der Waals surface area contributed by atoms with Crippen molar-refractivity contribution in [3.05, 3.63) is 82.4 Å². The van der Waals surface area contributed by atoms with Gasteiger partial charge in [-0.3, -0.25) is 24.7 Å². The molecule has 198 valence electrons. The van der Waals surface area contributed by atoms with Gasteiger partial charge in [-0.15, -0.1) is 0 Å². The van der Waals surface area contributed by atoms with E-state index in [1.165, 1.54) is 35.4 Å². The zero-order chi connectivity index (χ0) is 27.8. The summed E-state index contributed by atoms with van der Waals surface area (Å²) in [7, 11) is 1.59. The van der Waals surface area contributed by atoms with Crippen molar-refractivity contribution >= 4 is 35.8 Å².